The van der Waals surface area contributed by atoms with E-state index in [0.717, 1.165) is 0 Å². The maximum absolute atomic E-state index is 13.5. The highest BCUT2D eigenvalue weighted by Crippen LogP contribution is 2.29. The third-order valence-electron chi connectivity index (χ3n) is 2.67. The number of ether oxygens (including phenoxy) is 1. The van der Waals surface area contributed by atoms with E-state index in [1.807, 2.05) is 33.8 Å². The van der Waals surface area contributed by atoms with E-state index in [9.17, 15) is 4.39 Å². The van der Waals surface area contributed by atoms with E-state index >= 15 is 0 Å². The molecule has 0 spiro atoms. The average molecular weight is 250 g/mol. The molecule has 0 saturated carbocycles. The number of halogens is 1. The molecule has 0 radical (unpaired) electrons. The van der Waals surface area contributed by atoms with E-state index in [1.54, 1.807) is 6.07 Å². The van der Waals surface area contributed by atoms with Crippen LogP contribution in [0.4, 0.5) is 4.39 Å². The lowest BCUT2D eigenvalue weighted by Gasteiger charge is -2.34. The van der Waals surface area contributed by atoms with Gasteiger partial charge in [0.2, 0.25) is 0 Å². The first-order valence-electron chi connectivity index (χ1n) is 5.88. The second kappa shape index (κ2) is 5.36. The van der Waals surface area contributed by atoms with Gasteiger partial charge in [-0.05, 0) is 19.1 Å². The molecule has 1 rings (SSSR count). The molecule has 0 bridgehead atoms. The van der Waals surface area contributed by atoms with Gasteiger partial charge >= 0.3 is 0 Å². The summed E-state index contributed by atoms with van der Waals surface area (Å²) >= 11 is 0. The van der Waals surface area contributed by atoms with Crippen LogP contribution in [0.1, 0.15) is 33.3 Å². The third-order valence-corrected chi connectivity index (χ3v) is 2.67. The Morgan fingerprint density at radius 3 is 2.44 bits per heavy atom. The molecular weight excluding hydrogens is 231 g/mol. The number of nitrogens with zero attached hydrogens (tertiary/aromatic N) is 1. The number of hydrogen-bond donors (Lipinski definition) is 1. The Kier molecular flexibility index (Phi) is 4.31. The topological polar surface area (TPSA) is 59.0 Å². The highest BCUT2D eigenvalue weighted by molar-refractivity contribution is 5.44. The summed E-state index contributed by atoms with van der Waals surface area (Å²) < 4.78 is 19.2. The summed E-state index contributed by atoms with van der Waals surface area (Å²) in [4.78, 5) is 0. The molecule has 0 aliphatic rings. The molecular formula is C14H19FN2O. The van der Waals surface area contributed by atoms with E-state index < -0.39 is 5.82 Å². The zero-order valence-electron chi connectivity index (χ0n) is 11.2. The molecule has 2 unspecified atom stereocenters. The Morgan fingerprint density at radius 1 is 1.39 bits per heavy atom. The van der Waals surface area contributed by atoms with Crippen molar-refractivity contribution in [3.8, 4) is 11.8 Å². The monoisotopic (exact) mass is 250 g/mol. The van der Waals surface area contributed by atoms with Gasteiger partial charge in [0.1, 0.15) is 29.3 Å². The first kappa shape index (κ1) is 14.5. The first-order valence-corrected chi connectivity index (χ1v) is 5.88. The van der Waals surface area contributed by atoms with E-state index in [4.69, 9.17) is 15.7 Å². The first-order chi connectivity index (χ1) is 8.27. The number of benzene rings is 1. The van der Waals surface area contributed by atoms with Crippen LogP contribution in [0.2, 0.25) is 0 Å². The van der Waals surface area contributed by atoms with E-state index in [2.05, 4.69) is 0 Å². The van der Waals surface area contributed by atoms with Gasteiger partial charge in [-0.25, -0.2) is 4.39 Å². The van der Waals surface area contributed by atoms with Crippen molar-refractivity contribution >= 4 is 0 Å². The van der Waals surface area contributed by atoms with Crippen LogP contribution in [-0.4, -0.2) is 12.1 Å². The molecule has 4 heteroatoms. The minimum Gasteiger partial charge on any atom is -0.487 e. The fraction of sp³-hybridized carbons (Fsp3) is 0.500. The summed E-state index contributed by atoms with van der Waals surface area (Å²) in [7, 11) is 0. The van der Waals surface area contributed by atoms with Gasteiger partial charge in [-0.1, -0.05) is 26.8 Å². The lowest BCUT2D eigenvalue weighted by Crippen LogP contribution is -2.45. The minimum atomic E-state index is -0.577. The van der Waals surface area contributed by atoms with Crippen molar-refractivity contribution in [2.45, 2.75) is 39.8 Å². The zero-order valence-corrected chi connectivity index (χ0v) is 11.2. The molecule has 0 fully saturated rings. The van der Waals surface area contributed by atoms with E-state index in [1.165, 1.54) is 12.1 Å². The Balaban J connectivity index is 3.10. The Hall–Kier alpha value is -1.60. The lowest BCUT2D eigenvalue weighted by molar-refractivity contribution is 0.0678. The molecule has 1 aromatic carbocycles. The summed E-state index contributed by atoms with van der Waals surface area (Å²) in [5.74, 6) is -0.331. The van der Waals surface area contributed by atoms with Gasteiger partial charge in [0, 0.05) is 11.5 Å². The van der Waals surface area contributed by atoms with Crippen molar-refractivity contribution in [3.63, 3.8) is 0 Å². The predicted octanol–water partition coefficient (Wildman–Crippen LogP) is 2.84. The quantitative estimate of drug-likeness (QED) is 0.897. The van der Waals surface area contributed by atoms with Crippen LogP contribution in [-0.2, 0) is 0 Å². The van der Waals surface area contributed by atoms with Crippen molar-refractivity contribution in [3.05, 3.63) is 29.6 Å². The van der Waals surface area contributed by atoms with Crippen molar-refractivity contribution in [1.82, 2.24) is 0 Å². The van der Waals surface area contributed by atoms with Gasteiger partial charge in [-0.15, -0.1) is 0 Å². The summed E-state index contributed by atoms with van der Waals surface area (Å²) in [6, 6.07) is 5.94. The van der Waals surface area contributed by atoms with Crippen LogP contribution in [0.15, 0.2) is 18.2 Å². The van der Waals surface area contributed by atoms with E-state index in [0.29, 0.717) is 0 Å². The van der Waals surface area contributed by atoms with E-state index in [-0.39, 0.29) is 28.9 Å². The van der Waals surface area contributed by atoms with Gasteiger partial charge in [-0.2, -0.15) is 5.26 Å². The maximum atomic E-state index is 13.5. The van der Waals surface area contributed by atoms with Crippen LogP contribution in [0.3, 0.4) is 0 Å². The average Bonchev–Trinajstić information content (AvgIpc) is 2.23. The minimum absolute atomic E-state index is 0.0765. The molecule has 0 heterocycles. The van der Waals surface area contributed by atoms with Crippen molar-refractivity contribution in [2.24, 2.45) is 11.1 Å². The number of nitrogens with two attached hydrogens (primary N) is 1. The Labute approximate surface area is 107 Å². The number of hydrogen-bond acceptors (Lipinski definition) is 3. The van der Waals surface area contributed by atoms with Crippen molar-refractivity contribution in [2.75, 3.05) is 0 Å². The van der Waals surface area contributed by atoms with Crippen LogP contribution in [0.5, 0.6) is 5.75 Å². The summed E-state index contributed by atoms with van der Waals surface area (Å²) in [6.07, 6.45) is -0.300. The van der Waals surface area contributed by atoms with Crippen LogP contribution < -0.4 is 10.5 Å². The maximum Gasteiger partial charge on any atom is 0.144 e. The molecule has 2 atom stereocenters. The largest absolute Gasteiger partial charge is 0.487 e. The summed E-state index contributed by atoms with van der Waals surface area (Å²) in [5.41, 5.74) is 5.62. The second-order valence-corrected chi connectivity index (χ2v) is 5.49. The van der Waals surface area contributed by atoms with Gasteiger partial charge in [0.15, 0.2) is 0 Å². The molecule has 3 nitrogen and oxygen atoms in total. The second-order valence-electron chi connectivity index (χ2n) is 5.49. The molecule has 0 amide bonds. The molecule has 0 aliphatic heterocycles. The fourth-order valence-electron chi connectivity index (χ4n) is 1.92. The van der Waals surface area contributed by atoms with Crippen molar-refractivity contribution < 1.29 is 9.13 Å². The summed E-state index contributed by atoms with van der Waals surface area (Å²) in [5, 5.41) is 8.95. The van der Waals surface area contributed by atoms with Gasteiger partial charge in [0.25, 0.3) is 0 Å². The van der Waals surface area contributed by atoms with Gasteiger partial charge < -0.3 is 10.5 Å². The third kappa shape index (κ3) is 3.21. The predicted molar refractivity (Wildman–Crippen MR) is 68.6 cm³/mol. The highest BCUT2D eigenvalue weighted by Gasteiger charge is 2.30. The highest BCUT2D eigenvalue weighted by atomic mass is 19.1. The molecule has 1 aromatic rings. The number of nitriles is 1. The normalized spacial score (nSPS) is 14.7. The van der Waals surface area contributed by atoms with Crippen LogP contribution >= 0.6 is 0 Å². The molecule has 2 N–H and O–H groups in total. The SMILES string of the molecule is CC(N)C(Oc1cccc(F)c1C#N)C(C)(C)C. The molecule has 0 saturated heterocycles. The van der Waals surface area contributed by atoms with Gasteiger partial charge in [0.05, 0.1) is 0 Å². The zero-order chi connectivity index (χ0) is 13.9. The molecule has 18 heavy (non-hydrogen) atoms. The van der Waals surface area contributed by atoms with Crippen molar-refractivity contribution in [1.29, 1.82) is 5.26 Å². The Morgan fingerprint density at radius 2 is 2.00 bits per heavy atom. The molecule has 0 aliphatic carbocycles. The lowest BCUT2D eigenvalue weighted by atomic mass is 9.85. The van der Waals surface area contributed by atoms with Crippen LogP contribution in [0, 0.1) is 22.6 Å². The molecule has 0 aromatic heterocycles. The van der Waals surface area contributed by atoms with Crippen LogP contribution in [0.25, 0.3) is 0 Å². The fourth-order valence-corrected chi connectivity index (χ4v) is 1.92. The Bertz CT molecular complexity index is 458. The summed E-state index contributed by atoms with van der Waals surface area (Å²) in [6.45, 7) is 7.81. The smallest absolute Gasteiger partial charge is 0.144 e. The number of rotatable bonds is 3. The standard InChI is InChI=1S/C14H19FN2O/c1-9(17)13(14(2,3)4)18-12-7-5-6-11(15)10(12)8-16/h5-7,9,13H,17H2,1-4H3. The van der Waals surface area contributed by atoms with Gasteiger partial charge in [-0.3, -0.25) is 0 Å². The molecule has 98 valence electrons.